The fourth-order valence-electron chi connectivity index (χ4n) is 2.02. The minimum absolute atomic E-state index is 0.223. The van der Waals surface area contributed by atoms with Gasteiger partial charge in [0.1, 0.15) is 11.6 Å². The highest BCUT2D eigenvalue weighted by Gasteiger charge is 2.19. The summed E-state index contributed by atoms with van der Waals surface area (Å²) < 4.78 is 9.82. The first-order chi connectivity index (χ1) is 8.76. The van der Waals surface area contributed by atoms with Gasteiger partial charge < -0.3 is 4.74 Å². The first kappa shape index (κ1) is 11.3. The van der Waals surface area contributed by atoms with Gasteiger partial charge in [0.05, 0.1) is 0 Å². The zero-order chi connectivity index (χ0) is 12.5. The van der Waals surface area contributed by atoms with Crippen LogP contribution in [0.3, 0.4) is 0 Å². The number of ether oxygens (including phenoxy) is 1. The molecule has 1 aromatic heterocycles. The minimum atomic E-state index is 0.223. The summed E-state index contributed by atoms with van der Waals surface area (Å²) in [5.74, 6) is 1.74. The molecule has 0 atom stereocenters. The largest absolute Gasteiger partial charge is 0.430 e. The fourth-order valence-corrected chi connectivity index (χ4v) is 2.65. The van der Waals surface area contributed by atoms with E-state index in [2.05, 4.69) is 9.36 Å². The molecule has 2 aromatic rings. The Morgan fingerprint density at radius 3 is 3.06 bits per heavy atom. The Hall–Kier alpha value is -1.75. The molecule has 0 saturated heterocycles. The van der Waals surface area contributed by atoms with E-state index in [0.717, 1.165) is 35.5 Å². The van der Waals surface area contributed by atoms with E-state index in [-0.39, 0.29) is 5.78 Å². The molecule has 4 nitrogen and oxygen atoms in total. The number of Topliss-reactive ketones (excluding diaryl/α,β-unsaturated/α-hetero) is 1. The molecule has 0 spiro atoms. The number of nitrogens with zero attached hydrogens (tertiary/aromatic N) is 2. The molecule has 0 radical (unpaired) electrons. The molecule has 1 heterocycles. The molecule has 1 aromatic carbocycles. The summed E-state index contributed by atoms with van der Waals surface area (Å²) in [5.41, 5.74) is 1.89. The van der Waals surface area contributed by atoms with Crippen LogP contribution >= 0.6 is 11.5 Å². The quantitative estimate of drug-likeness (QED) is 0.851. The summed E-state index contributed by atoms with van der Waals surface area (Å²) in [6.07, 6.45) is 2.22. The lowest BCUT2D eigenvalue weighted by atomic mass is 10.1. The molecule has 0 amide bonds. The Balaban J connectivity index is 1.83. The van der Waals surface area contributed by atoms with Crippen LogP contribution in [0.1, 0.15) is 35.1 Å². The van der Waals surface area contributed by atoms with Crippen LogP contribution in [0.5, 0.6) is 10.9 Å². The van der Waals surface area contributed by atoms with Gasteiger partial charge in [0.25, 0.3) is 5.19 Å². The first-order valence-electron chi connectivity index (χ1n) is 5.93. The Labute approximate surface area is 109 Å². The van der Waals surface area contributed by atoms with Crippen LogP contribution in [0.25, 0.3) is 0 Å². The molecule has 1 aliphatic carbocycles. The number of aromatic nitrogens is 2. The van der Waals surface area contributed by atoms with Crippen molar-refractivity contribution in [3.8, 4) is 10.9 Å². The third-order valence-corrected chi connectivity index (χ3v) is 3.60. The van der Waals surface area contributed by atoms with Crippen LogP contribution in [0.4, 0.5) is 0 Å². The SMILES string of the molecule is CCc1nsc(Oc2ccc3c(c2)CCC3=O)n1. The lowest BCUT2D eigenvalue weighted by Crippen LogP contribution is -1.91. The normalized spacial score (nSPS) is 13.7. The van der Waals surface area contributed by atoms with Crippen molar-refractivity contribution in [2.24, 2.45) is 0 Å². The zero-order valence-corrected chi connectivity index (χ0v) is 10.8. The highest BCUT2D eigenvalue weighted by molar-refractivity contribution is 7.07. The van der Waals surface area contributed by atoms with E-state index in [4.69, 9.17) is 4.74 Å². The van der Waals surface area contributed by atoms with Crippen LogP contribution in [0.15, 0.2) is 18.2 Å². The predicted octanol–water partition coefficient (Wildman–Crippen LogP) is 3.02. The highest BCUT2D eigenvalue weighted by Crippen LogP contribution is 2.29. The van der Waals surface area contributed by atoms with Crippen molar-refractivity contribution in [3.63, 3.8) is 0 Å². The number of benzene rings is 1. The highest BCUT2D eigenvalue weighted by atomic mass is 32.1. The summed E-state index contributed by atoms with van der Waals surface area (Å²) in [4.78, 5) is 15.8. The molecule has 0 bridgehead atoms. The molecular weight excluding hydrogens is 248 g/mol. The number of rotatable bonds is 3. The van der Waals surface area contributed by atoms with Gasteiger partial charge in [-0.1, -0.05) is 6.92 Å². The minimum Gasteiger partial charge on any atom is -0.430 e. The average Bonchev–Trinajstić information content (AvgIpc) is 2.97. The standard InChI is InChI=1S/C13H12N2O2S/c1-2-12-14-13(18-15-12)17-9-4-5-10-8(7-9)3-6-11(10)16/h4-5,7H,2-3,6H2,1H3. The van der Waals surface area contributed by atoms with Crippen molar-refractivity contribution in [2.45, 2.75) is 26.2 Å². The van der Waals surface area contributed by atoms with E-state index in [9.17, 15) is 4.79 Å². The molecule has 0 aliphatic heterocycles. The molecule has 0 unspecified atom stereocenters. The average molecular weight is 260 g/mol. The van der Waals surface area contributed by atoms with Crippen LogP contribution in [-0.4, -0.2) is 15.1 Å². The Morgan fingerprint density at radius 1 is 1.39 bits per heavy atom. The first-order valence-corrected chi connectivity index (χ1v) is 6.70. The van der Waals surface area contributed by atoms with Gasteiger partial charge in [-0.15, -0.1) is 0 Å². The van der Waals surface area contributed by atoms with Gasteiger partial charge in [-0.3, -0.25) is 4.79 Å². The van der Waals surface area contributed by atoms with Gasteiger partial charge in [-0.25, -0.2) is 0 Å². The van der Waals surface area contributed by atoms with Gasteiger partial charge in [0, 0.05) is 29.9 Å². The molecule has 0 fully saturated rings. The summed E-state index contributed by atoms with van der Waals surface area (Å²) in [5, 5.41) is 0.552. The van der Waals surface area contributed by atoms with Gasteiger partial charge in [-0.2, -0.15) is 9.36 Å². The van der Waals surface area contributed by atoms with Gasteiger partial charge in [-0.05, 0) is 30.2 Å². The number of aryl methyl sites for hydroxylation is 2. The lowest BCUT2D eigenvalue weighted by Gasteiger charge is -2.03. The number of carbonyl (C=O) groups excluding carboxylic acids is 1. The fraction of sp³-hybridized carbons (Fsp3) is 0.308. The maximum atomic E-state index is 11.5. The predicted molar refractivity (Wildman–Crippen MR) is 68.5 cm³/mol. The van der Waals surface area contributed by atoms with Crippen LogP contribution in [0, 0.1) is 0 Å². The maximum Gasteiger partial charge on any atom is 0.298 e. The van der Waals surface area contributed by atoms with E-state index in [1.165, 1.54) is 11.5 Å². The van der Waals surface area contributed by atoms with E-state index in [1.54, 1.807) is 0 Å². The summed E-state index contributed by atoms with van der Waals surface area (Å²) in [6, 6.07) is 5.57. The molecule has 0 saturated carbocycles. The van der Waals surface area contributed by atoms with Crippen LogP contribution in [0.2, 0.25) is 0 Å². The Bertz CT molecular complexity index is 607. The molecule has 18 heavy (non-hydrogen) atoms. The van der Waals surface area contributed by atoms with Crippen molar-refractivity contribution in [3.05, 3.63) is 35.2 Å². The molecule has 1 aliphatic rings. The second kappa shape index (κ2) is 4.49. The van der Waals surface area contributed by atoms with Gasteiger partial charge >= 0.3 is 0 Å². The molecule has 92 valence electrons. The number of hydrogen-bond donors (Lipinski definition) is 0. The van der Waals surface area contributed by atoms with Crippen LogP contribution < -0.4 is 4.74 Å². The topological polar surface area (TPSA) is 52.1 Å². The smallest absolute Gasteiger partial charge is 0.298 e. The van der Waals surface area contributed by atoms with Crippen molar-refractivity contribution >= 4 is 17.3 Å². The van der Waals surface area contributed by atoms with Crippen molar-refractivity contribution in [1.82, 2.24) is 9.36 Å². The van der Waals surface area contributed by atoms with E-state index in [1.807, 2.05) is 25.1 Å². The second-order valence-corrected chi connectivity index (χ2v) is 4.89. The number of ketones is 1. The van der Waals surface area contributed by atoms with Gasteiger partial charge in [0.15, 0.2) is 5.78 Å². The van der Waals surface area contributed by atoms with Crippen molar-refractivity contribution in [1.29, 1.82) is 0 Å². The monoisotopic (exact) mass is 260 g/mol. The maximum absolute atomic E-state index is 11.5. The molecular formula is C13H12N2O2S. The number of fused-ring (bicyclic) bond motifs is 1. The van der Waals surface area contributed by atoms with Gasteiger partial charge in [0.2, 0.25) is 0 Å². The van der Waals surface area contributed by atoms with E-state index in [0.29, 0.717) is 11.6 Å². The molecule has 5 heteroatoms. The summed E-state index contributed by atoms with van der Waals surface area (Å²) in [7, 11) is 0. The van der Waals surface area contributed by atoms with Crippen molar-refractivity contribution in [2.75, 3.05) is 0 Å². The van der Waals surface area contributed by atoms with Crippen molar-refractivity contribution < 1.29 is 9.53 Å². The van der Waals surface area contributed by atoms with E-state index >= 15 is 0 Å². The molecule has 3 rings (SSSR count). The Morgan fingerprint density at radius 2 is 2.28 bits per heavy atom. The zero-order valence-electron chi connectivity index (χ0n) is 9.97. The number of hydrogen-bond acceptors (Lipinski definition) is 5. The second-order valence-electron chi connectivity index (χ2n) is 4.17. The van der Waals surface area contributed by atoms with Crippen LogP contribution in [-0.2, 0) is 12.8 Å². The molecule has 0 N–H and O–H groups in total. The van der Waals surface area contributed by atoms with E-state index < -0.39 is 0 Å². The Kier molecular flexibility index (Phi) is 2.83. The summed E-state index contributed by atoms with van der Waals surface area (Å²) >= 11 is 1.25. The third kappa shape index (κ3) is 2.01. The summed E-state index contributed by atoms with van der Waals surface area (Å²) in [6.45, 7) is 2.01. The lowest BCUT2D eigenvalue weighted by molar-refractivity contribution is 0.0994. The number of carbonyl (C=O) groups is 1. The third-order valence-electron chi connectivity index (χ3n) is 2.97.